The molecule has 0 heterocycles. The van der Waals surface area contributed by atoms with Crippen molar-refractivity contribution in [3.63, 3.8) is 0 Å². The van der Waals surface area contributed by atoms with Crippen molar-refractivity contribution in [3.8, 4) is 5.75 Å². The van der Waals surface area contributed by atoms with Gasteiger partial charge in [0.15, 0.2) is 0 Å². The van der Waals surface area contributed by atoms with Gasteiger partial charge >= 0.3 is 0 Å². The Morgan fingerprint density at radius 1 is 1.50 bits per heavy atom. The molecule has 1 aromatic carbocycles. The first kappa shape index (κ1) is 14.2. The summed E-state index contributed by atoms with van der Waals surface area (Å²) in [6.07, 6.45) is 1.19. The number of benzene rings is 1. The summed E-state index contributed by atoms with van der Waals surface area (Å²) >= 11 is 0. The predicted octanol–water partition coefficient (Wildman–Crippen LogP) is 1.73. The first-order valence-corrected chi connectivity index (χ1v) is 6.10. The number of amides is 1. The molecule has 1 aromatic rings. The lowest BCUT2D eigenvalue weighted by Gasteiger charge is -2.17. The molecule has 100 valence electrons. The highest BCUT2D eigenvalue weighted by Gasteiger charge is 2.10. The van der Waals surface area contributed by atoms with Crippen LogP contribution in [-0.2, 0) is 4.79 Å². The van der Waals surface area contributed by atoms with E-state index in [9.17, 15) is 4.79 Å². The van der Waals surface area contributed by atoms with E-state index in [1.807, 2.05) is 32.0 Å². The van der Waals surface area contributed by atoms with E-state index in [4.69, 9.17) is 16.2 Å². The van der Waals surface area contributed by atoms with E-state index in [-0.39, 0.29) is 18.4 Å². The molecule has 1 unspecified atom stereocenters. The highest BCUT2D eigenvalue weighted by atomic mass is 16.5. The third-order valence-corrected chi connectivity index (χ3v) is 2.44. The fourth-order valence-electron chi connectivity index (χ4n) is 1.63. The number of hydrogen-bond acceptors (Lipinski definition) is 4. The molecule has 0 saturated carbocycles. The topological polar surface area (TPSA) is 90.4 Å². The summed E-state index contributed by atoms with van der Waals surface area (Å²) in [5, 5.41) is 3.15. The van der Waals surface area contributed by atoms with Crippen molar-refractivity contribution in [1.82, 2.24) is 0 Å². The second-order valence-electron chi connectivity index (χ2n) is 4.28. The number of hydrogen-bond donors (Lipinski definition) is 3. The fourth-order valence-corrected chi connectivity index (χ4v) is 1.63. The SMILES string of the molecule is CCCOc1cccc(NC(C)CC(N)=O)c1N. The first-order chi connectivity index (χ1) is 8.54. The van der Waals surface area contributed by atoms with Gasteiger partial charge in [0.05, 0.1) is 18.0 Å². The summed E-state index contributed by atoms with van der Waals surface area (Å²) < 4.78 is 5.53. The van der Waals surface area contributed by atoms with Crippen LogP contribution in [0.25, 0.3) is 0 Å². The van der Waals surface area contributed by atoms with Crippen molar-refractivity contribution in [2.24, 2.45) is 5.73 Å². The van der Waals surface area contributed by atoms with Gasteiger partial charge < -0.3 is 21.5 Å². The van der Waals surface area contributed by atoms with Crippen molar-refractivity contribution in [2.45, 2.75) is 32.7 Å². The fraction of sp³-hybridized carbons (Fsp3) is 0.462. The van der Waals surface area contributed by atoms with Gasteiger partial charge in [0, 0.05) is 12.5 Å². The molecule has 0 aliphatic heterocycles. The molecule has 0 saturated heterocycles. The quantitative estimate of drug-likeness (QED) is 0.644. The number of ether oxygens (including phenoxy) is 1. The number of rotatable bonds is 7. The van der Waals surface area contributed by atoms with Gasteiger partial charge in [-0.25, -0.2) is 0 Å². The van der Waals surface area contributed by atoms with E-state index >= 15 is 0 Å². The Morgan fingerprint density at radius 3 is 2.83 bits per heavy atom. The number of nitrogen functional groups attached to an aromatic ring is 1. The lowest BCUT2D eigenvalue weighted by atomic mass is 10.2. The third kappa shape index (κ3) is 4.16. The highest BCUT2D eigenvalue weighted by Crippen LogP contribution is 2.30. The zero-order valence-corrected chi connectivity index (χ0v) is 10.9. The lowest BCUT2D eigenvalue weighted by Crippen LogP contribution is -2.24. The molecule has 1 rings (SSSR count). The maximum absolute atomic E-state index is 10.8. The molecule has 5 heteroatoms. The van der Waals surface area contributed by atoms with Crippen LogP contribution in [-0.4, -0.2) is 18.6 Å². The zero-order chi connectivity index (χ0) is 13.5. The van der Waals surface area contributed by atoms with Crippen molar-refractivity contribution in [3.05, 3.63) is 18.2 Å². The number of primary amides is 1. The normalized spacial score (nSPS) is 11.9. The van der Waals surface area contributed by atoms with Crippen molar-refractivity contribution in [1.29, 1.82) is 0 Å². The Balaban J connectivity index is 2.73. The molecule has 18 heavy (non-hydrogen) atoms. The Bertz CT molecular complexity index is 407. The minimum absolute atomic E-state index is 0.0637. The Morgan fingerprint density at radius 2 is 2.22 bits per heavy atom. The molecule has 0 spiro atoms. The molecule has 5 nitrogen and oxygen atoms in total. The second kappa shape index (κ2) is 6.74. The average Bonchev–Trinajstić information content (AvgIpc) is 2.29. The summed E-state index contributed by atoms with van der Waals surface area (Å²) in [6, 6.07) is 5.48. The van der Waals surface area contributed by atoms with Gasteiger partial charge in [-0.1, -0.05) is 13.0 Å². The van der Waals surface area contributed by atoms with E-state index in [0.29, 0.717) is 18.0 Å². The molecule has 0 bridgehead atoms. The average molecular weight is 251 g/mol. The molecule has 0 aliphatic carbocycles. The molecule has 0 aromatic heterocycles. The summed E-state index contributed by atoms with van der Waals surface area (Å²) in [4.78, 5) is 10.8. The van der Waals surface area contributed by atoms with E-state index in [1.165, 1.54) is 0 Å². The maximum atomic E-state index is 10.8. The zero-order valence-electron chi connectivity index (χ0n) is 10.9. The number of anilines is 2. The minimum Gasteiger partial charge on any atom is -0.491 e. The third-order valence-electron chi connectivity index (χ3n) is 2.44. The predicted molar refractivity (Wildman–Crippen MR) is 73.5 cm³/mol. The summed E-state index contributed by atoms with van der Waals surface area (Å²) in [7, 11) is 0. The standard InChI is InChI=1S/C13H21N3O2/c1-3-7-18-11-6-4-5-10(13(11)15)16-9(2)8-12(14)17/h4-6,9,16H,3,7-8,15H2,1-2H3,(H2,14,17). The van der Waals surface area contributed by atoms with Crippen molar-refractivity contribution in [2.75, 3.05) is 17.7 Å². The van der Waals surface area contributed by atoms with Crippen LogP contribution < -0.4 is 21.5 Å². The van der Waals surface area contributed by atoms with E-state index in [0.717, 1.165) is 12.1 Å². The summed E-state index contributed by atoms with van der Waals surface area (Å²) in [5.74, 6) is 0.320. The Labute approximate surface area is 107 Å². The van der Waals surface area contributed by atoms with Gasteiger partial charge in [-0.15, -0.1) is 0 Å². The van der Waals surface area contributed by atoms with E-state index < -0.39 is 0 Å². The van der Waals surface area contributed by atoms with Gasteiger partial charge in [0.2, 0.25) is 5.91 Å². The Kier molecular flexibility index (Phi) is 5.30. The van der Waals surface area contributed by atoms with E-state index in [1.54, 1.807) is 0 Å². The minimum atomic E-state index is -0.341. The maximum Gasteiger partial charge on any atom is 0.219 e. The lowest BCUT2D eigenvalue weighted by molar-refractivity contribution is -0.118. The van der Waals surface area contributed by atoms with Crippen molar-refractivity contribution >= 4 is 17.3 Å². The van der Waals surface area contributed by atoms with Gasteiger partial charge in [-0.3, -0.25) is 4.79 Å². The first-order valence-electron chi connectivity index (χ1n) is 6.10. The van der Waals surface area contributed by atoms with Crippen LogP contribution in [0.5, 0.6) is 5.75 Å². The van der Waals surface area contributed by atoms with Gasteiger partial charge in [-0.05, 0) is 25.5 Å². The van der Waals surface area contributed by atoms with E-state index in [2.05, 4.69) is 5.32 Å². The number of nitrogens with one attached hydrogen (secondary N) is 1. The van der Waals surface area contributed by atoms with Crippen molar-refractivity contribution < 1.29 is 9.53 Å². The number of nitrogens with two attached hydrogens (primary N) is 2. The molecule has 5 N–H and O–H groups in total. The largest absolute Gasteiger partial charge is 0.491 e. The molecule has 0 aliphatic rings. The van der Waals surface area contributed by atoms with Crippen LogP contribution in [0.2, 0.25) is 0 Å². The van der Waals surface area contributed by atoms with Crippen LogP contribution in [0.15, 0.2) is 18.2 Å². The smallest absolute Gasteiger partial charge is 0.219 e. The number of carbonyl (C=O) groups excluding carboxylic acids is 1. The summed E-state index contributed by atoms with van der Waals surface area (Å²) in [6.45, 7) is 4.54. The molecular formula is C13H21N3O2. The molecule has 0 fully saturated rings. The van der Waals surface area contributed by atoms with Crippen LogP contribution >= 0.6 is 0 Å². The van der Waals surface area contributed by atoms with Crippen LogP contribution in [0, 0.1) is 0 Å². The Hall–Kier alpha value is -1.91. The highest BCUT2D eigenvalue weighted by molar-refractivity contribution is 5.76. The monoisotopic (exact) mass is 251 g/mol. The van der Waals surface area contributed by atoms with Gasteiger partial charge in [0.1, 0.15) is 5.75 Å². The second-order valence-corrected chi connectivity index (χ2v) is 4.28. The van der Waals surface area contributed by atoms with Gasteiger partial charge in [-0.2, -0.15) is 0 Å². The van der Waals surface area contributed by atoms with Crippen LogP contribution in [0.3, 0.4) is 0 Å². The number of para-hydroxylation sites is 1. The molecule has 0 radical (unpaired) electrons. The number of carbonyl (C=O) groups is 1. The molecule has 1 atom stereocenters. The summed E-state index contributed by atoms with van der Waals surface area (Å²) in [5.41, 5.74) is 12.5. The van der Waals surface area contributed by atoms with Crippen LogP contribution in [0.1, 0.15) is 26.7 Å². The van der Waals surface area contributed by atoms with Crippen LogP contribution in [0.4, 0.5) is 11.4 Å². The van der Waals surface area contributed by atoms with Gasteiger partial charge in [0.25, 0.3) is 0 Å². The molecular weight excluding hydrogens is 230 g/mol. The molecule has 1 amide bonds.